The van der Waals surface area contributed by atoms with Crippen molar-refractivity contribution in [1.82, 2.24) is 5.32 Å². The Morgan fingerprint density at radius 2 is 2.27 bits per heavy atom. The van der Waals surface area contributed by atoms with Crippen molar-refractivity contribution in [3.05, 3.63) is 20.8 Å². The van der Waals surface area contributed by atoms with Gasteiger partial charge in [-0.1, -0.05) is 0 Å². The molecule has 0 unspecified atom stereocenters. The van der Waals surface area contributed by atoms with E-state index < -0.39 is 0 Å². The van der Waals surface area contributed by atoms with Crippen LogP contribution in [0.5, 0.6) is 0 Å². The Labute approximate surface area is 102 Å². The fourth-order valence-electron chi connectivity index (χ4n) is 0.994. The topological polar surface area (TPSA) is 55.1 Å². The molecular formula is C10H15BrN2OS. The molecule has 1 amide bonds. The fourth-order valence-corrected chi connectivity index (χ4v) is 2.48. The number of nitrogens with one attached hydrogen (secondary N) is 1. The molecule has 0 bridgehead atoms. The molecule has 0 aliphatic carbocycles. The molecule has 0 spiro atoms. The molecule has 3 N–H and O–H groups in total. The molecule has 84 valence electrons. The van der Waals surface area contributed by atoms with Gasteiger partial charge in [-0.3, -0.25) is 4.79 Å². The van der Waals surface area contributed by atoms with Crippen LogP contribution in [0.3, 0.4) is 0 Å². The number of carbonyl (C=O) groups excluding carboxylic acids is 1. The van der Waals surface area contributed by atoms with E-state index in [1.54, 1.807) is 11.3 Å². The summed E-state index contributed by atoms with van der Waals surface area (Å²) in [7, 11) is 0. The maximum atomic E-state index is 11.5. The van der Waals surface area contributed by atoms with E-state index in [9.17, 15) is 4.79 Å². The summed E-state index contributed by atoms with van der Waals surface area (Å²) >= 11 is 4.93. The van der Waals surface area contributed by atoms with Crippen LogP contribution in [0.15, 0.2) is 15.9 Å². The summed E-state index contributed by atoms with van der Waals surface area (Å²) in [5.41, 5.74) is 5.41. The Balaban J connectivity index is 2.37. The Hall–Kier alpha value is -0.390. The minimum atomic E-state index is -0.355. The Bertz CT molecular complexity index is 343. The van der Waals surface area contributed by atoms with Gasteiger partial charge in [0.25, 0.3) is 0 Å². The minimum absolute atomic E-state index is 0.0166. The summed E-state index contributed by atoms with van der Waals surface area (Å²) in [6.07, 6.45) is 0.423. The van der Waals surface area contributed by atoms with Crippen LogP contribution in [-0.2, 0) is 11.2 Å². The number of hydrogen-bond donors (Lipinski definition) is 2. The molecule has 1 heterocycles. The highest BCUT2D eigenvalue weighted by Crippen LogP contribution is 2.22. The molecule has 0 saturated carbocycles. The summed E-state index contributed by atoms with van der Waals surface area (Å²) in [4.78, 5) is 12.5. The van der Waals surface area contributed by atoms with E-state index in [-0.39, 0.29) is 11.4 Å². The smallest absolute Gasteiger partial charge is 0.225 e. The van der Waals surface area contributed by atoms with Crippen molar-refractivity contribution in [2.45, 2.75) is 25.8 Å². The zero-order chi connectivity index (χ0) is 11.5. The Morgan fingerprint density at radius 3 is 2.73 bits per heavy atom. The van der Waals surface area contributed by atoms with Gasteiger partial charge in [0.1, 0.15) is 0 Å². The molecule has 0 atom stereocenters. The fraction of sp³-hybridized carbons (Fsp3) is 0.500. The van der Waals surface area contributed by atoms with Crippen LogP contribution in [0, 0.1) is 0 Å². The van der Waals surface area contributed by atoms with E-state index >= 15 is 0 Å². The molecule has 1 rings (SSSR count). The molecule has 0 aromatic carbocycles. The number of thiophene rings is 1. The van der Waals surface area contributed by atoms with Gasteiger partial charge in [-0.05, 0) is 41.9 Å². The largest absolute Gasteiger partial charge is 0.354 e. The maximum absolute atomic E-state index is 11.5. The standard InChI is InChI=1S/C10H15BrN2OS/c1-10(2,12)6-13-9(14)5-7-3-4-8(11)15-7/h3-4H,5-6,12H2,1-2H3,(H,13,14). The first kappa shape index (κ1) is 12.7. The zero-order valence-corrected chi connectivity index (χ0v) is 11.2. The van der Waals surface area contributed by atoms with Crippen molar-refractivity contribution in [2.75, 3.05) is 6.54 Å². The molecule has 1 aromatic heterocycles. The van der Waals surface area contributed by atoms with Gasteiger partial charge in [0.2, 0.25) is 5.91 Å². The van der Waals surface area contributed by atoms with Gasteiger partial charge in [-0.25, -0.2) is 0 Å². The Kier molecular flexibility index (Phi) is 4.31. The average Bonchev–Trinajstić information content (AvgIpc) is 2.47. The summed E-state index contributed by atoms with van der Waals surface area (Å²) in [5, 5.41) is 2.81. The highest BCUT2D eigenvalue weighted by atomic mass is 79.9. The normalized spacial score (nSPS) is 11.5. The number of halogens is 1. The zero-order valence-electron chi connectivity index (χ0n) is 8.84. The van der Waals surface area contributed by atoms with Crippen LogP contribution in [0.4, 0.5) is 0 Å². The third-order valence-corrected chi connectivity index (χ3v) is 3.33. The molecule has 15 heavy (non-hydrogen) atoms. The first-order chi connectivity index (χ1) is 6.87. The van der Waals surface area contributed by atoms with E-state index in [2.05, 4.69) is 21.2 Å². The van der Waals surface area contributed by atoms with Crippen molar-refractivity contribution in [3.63, 3.8) is 0 Å². The monoisotopic (exact) mass is 290 g/mol. The van der Waals surface area contributed by atoms with Crippen LogP contribution < -0.4 is 11.1 Å². The maximum Gasteiger partial charge on any atom is 0.225 e. The van der Waals surface area contributed by atoms with Crippen LogP contribution in [0.2, 0.25) is 0 Å². The van der Waals surface area contributed by atoms with Crippen LogP contribution >= 0.6 is 27.3 Å². The summed E-state index contributed by atoms with van der Waals surface area (Å²) in [6.45, 7) is 4.27. The molecule has 3 nitrogen and oxygen atoms in total. The third kappa shape index (κ3) is 5.30. The number of carbonyl (C=O) groups is 1. The molecule has 0 aliphatic heterocycles. The second-order valence-corrected chi connectivity index (χ2v) is 6.70. The van der Waals surface area contributed by atoms with Crippen LogP contribution in [-0.4, -0.2) is 18.0 Å². The first-order valence-corrected chi connectivity index (χ1v) is 6.27. The number of amides is 1. The molecule has 0 fully saturated rings. The van der Waals surface area contributed by atoms with Gasteiger partial charge < -0.3 is 11.1 Å². The van der Waals surface area contributed by atoms with E-state index in [4.69, 9.17) is 5.73 Å². The van der Waals surface area contributed by atoms with Gasteiger partial charge >= 0.3 is 0 Å². The Morgan fingerprint density at radius 1 is 1.60 bits per heavy atom. The number of rotatable bonds is 4. The summed E-state index contributed by atoms with van der Waals surface area (Å²) in [6, 6.07) is 3.89. The minimum Gasteiger partial charge on any atom is -0.354 e. The van der Waals surface area contributed by atoms with Crippen molar-refractivity contribution >= 4 is 33.2 Å². The molecular weight excluding hydrogens is 276 g/mol. The summed E-state index contributed by atoms with van der Waals surface area (Å²) < 4.78 is 1.05. The van der Waals surface area contributed by atoms with Gasteiger partial charge in [0.05, 0.1) is 10.2 Å². The highest BCUT2D eigenvalue weighted by Gasteiger charge is 2.12. The van der Waals surface area contributed by atoms with Gasteiger partial charge in [-0.15, -0.1) is 11.3 Å². The molecule has 0 saturated heterocycles. The van der Waals surface area contributed by atoms with Crippen molar-refractivity contribution in [3.8, 4) is 0 Å². The summed E-state index contributed by atoms with van der Waals surface area (Å²) in [5.74, 6) is 0.0166. The average molecular weight is 291 g/mol. The van der Waals surface area contributed by atoms with E-state index in [0.717, 1.165) is 8.66 Å². The number of hydrogen-bond acceptors (Lipinski definition) is 3. The molecule has 5 heteroatoms. The van der Waals surface area contributed by atoms with Crippen LogP contribution in [0.1, 0.15) is 18.7 Å². The molecule has 0 aliphatic rings. The van der Waals surface area contributed by atoms with E-state index in [1.807, 2.05) is 26.0 Å². The van der Waals surface area contributed by atoms with E-state index in [0.29, 0.717) is 13.0 Å². The van der Waals surface area contributed by atoms with Crippen molar-refractivity contribution in [1.29, 1.82) is 0 Å². The predicted molar refractivity (Wildman–Crippen MR) is 67.0 cm³/mol. The SMILES string of the molecule is CC(C)(N)CNC(=O)Cc1ccc(Br)s1. The number of nitrogens with two attached hydrogens (primary N) is 1. The van der Waals surface area contributed by atoms with Gasteiger partial charge in [-0.2, -0.15) is 0 Å². The second kappa shape index (κ2) is 5.09. The lowest BCUT2D eigenvalue weighted by Crippen LogP contribution is -2.45. The van der Waals surface area contributed by atoms with Crippen molar-refractivity contribution in [2.24, 2.45) is 5.73 Å². The lowest BCUT2D eigenvalue weighted by atomic mass is 10.1. The van der Waals surface area contributed by atoms with Crippen LogP contribution in [0.25, 0.3) is 0 Å². The predicted octanol–water partition coefficient (Wildman–Crippen LogP) is 1.91. The lowest BCUT2D eigenvalue weighted by Gasteiger charge is -2.18. The van der Waals surface area contributed by atoms with Gasteiger partial charge in [0, 0.05) is 17.0 Å². The third-order valence-electron chi connectivity index (χ3n) is 1.70. The second-order valence-electron chi connectivity index (χ2n) is 4.15. The van der Waals surface area contributed by atoms with Gasteiger partial charge in [0.15, 0.2) is 0 Å². The van der Waals surface area contributed by atoms with E-state index in [1.165, 1.54) is 0 Å². The lowest BCUT2D eigenvalue weighted by molar-refractivity contribution is -0.120. The quantitative estimate of drug-likeness (QED) is 0.890. The van der Waals surface area contributed by atoms with Crippen molar-refractivity contribution < 1.29 is 4.79 Å². The molecule has 1 aromatic rings. The highest BCUT2D eigenvalue weighted by molar-refractivity contribution is 9.11. The molecule has 0 radical (unpaired) electrons. The first-order valence-electron chi connectivity index (χ1n) is 4.66.